The Kier molecular flexibility index (Phi) is 6.28. The first kappa shape index (κ1) is 24.5. The van der Waals surface area contributed by atoms with Crippen LogP contribution < -0.4 is 25.6 Å². The second-order valence-corrected chi connectivity index (χ2v) is 8.93. The lowest BCUT2D eigenvalue weighted by Crippen LogP contribution is -2.26. The third-order valence-corrected chi connectivity index (χ3v) is 6.63. The topological polar surface area (TPSA) is 168 Å². The van der Waals surface area contributed by atoms with Crippen molar-refractivity contribution in [1.29, 1.82) is 5.26 Å². The number of nitro groups is 1. The highest BCUT2D eigenvalue weighted by Gasteiger charge is 2.38. The van der Waals surface area contributed by atoms with Gasteiger partial charge in [-0.05, 0) is 42.1 Å². The number of hydrogen-bond acceptors (Lipinski definition) is 11. The van der Waals surface area contributed by atoms with Gasteiger partial charge in [-0.2, -0.15) is 5.26 Å². The number of fused-ring (bicyclic) bond motifs is 3. The molecule has 0 fully saturated rings. The van der Waals surface area contributed by atoms with Gasteiger partial charge in [0, 0.05) is 6.07 Å². The van der Waals surface area contributed by atoms with Gasteiger partial charge in [-0.1, -0.05) is 18.2 Å². The molecule has 1 aliphatic heterocycles. The Morgan fingerprint density at radius 3 is 2.74 bits per heavy atom. The number of rotatable bonds is 6. The number of nitriles is 1. The average molecular weight is 532 g/mol. The summed E-state index contributed by atoms with van der Waals surface area (Å²) in [4.78, 5) is 37.4. The van der Waals surface area contributed by atoms with Gasteiger partial charge in [0.05, 0.1) is 28.4 Å². The number of esters is 1. The normalized spacial score (nSPS) is 14.4. The molecular formula is C26H17N3O8S. The van der Waals surface area contributed by atoms with Crippen LogP contribution in [0.25, 0.3) is 11.0 Å². The number of ether oxygens (including phenoxy) is 3. The van der Waals surface area contributed by atoms with Gasteiger partial charge in [0.1, 0.15) is 22.1 Å². The van der Waals surface area contributed by atoms with E-state index in [4.69, 9.17) is 24.4 Å². The van der Waals surface area contributed by atoms with E-state index in [1.807, 2.05) is 6.07 Å². The molecule has 0 aliphatic carbocycles. The summed E-state index contributed by atoms with van der Waals surface area (Å²) in [5.74, 6) is -2.73. The van der Waals surface area contributed by atoms with E-state index in [1.54, 1.807) is 42.6 Å². The quantitative estimate of drug-likeness (QED) is 0.122. The first-order valence-corrected chi connectivity index (χ1v) is 12.1. The Morgan fingerprint density at radius 2 is 2.05 bits per heavy atom. The van der Waals surface area contributed by atoms with Gasteiger partial charge in [0.2, 0.25) is 11.6 Å². The monoisotopic (exact) mass is 531 g/mol. The number of para-hydroxylation sites is 1. The van der Waals surface area contributed by atoms with Crippen LogP contribution in [0.2, 0.25) is 0 Å². The fourth-order valence-corrected chi connectivity index (χ4v) is 4.81. The molecule has 0 saturated heterocycles. The molecule has 1 unspecified atom stereocenters. The van der Waals surface area contributed by atoms with Crippen LogP contribution in [0.15, 0.2) is 74.6 Å². The van der Waals surface area contributed by atoms with Crippen molar-refractivity contribution in [3.63, 3.8) is 0 Å². The molecular weight excluding hydrogens is 514 g/mol. The van der Waals surface area contributed by atoms with Gasteiger partial charge in [0.25, 0.3) is 0 Å². The molecule has 1 aliphatic rings. The predicted octanol–water partition coefficient (Wildman–Crippen LogP) is 4.60. The van der Waals surface area contributed by atoms with E-state index >= 15 is 0 Å². The molecule has 2 aromatic heterocycles. The van der Waals surface area contributed by atoms with E-state index < -0.39 is 33.9 Å². The summed E-state index contributed by atoms with van der Waals surface area (Å²) in [5.41, 5.74) is 4.81. The van der Waals surface area contributed by atoms with Crippen LogP contribution in [0.4, 0.5) is 5.69 Å². The highest BCUT2D eigenvalue weighted by Crippen LogP contribution is 2.47. The summed E-state index contributed by atoms with van der Waals surface area (Å²) in [6.07, 6.45) is 0. The van der Waals surface area contributed by atoms with Gasteiger partial charge in [-0.25, -0.2) is 9.59 Å². The average Bonchev–Trinajstić information content (AvgIpc) is 3.44. The number of nitro benzene ring substituents is 1. The first-order chi connectivity index (χ1) is 18.3. The van der Waals surface area contributed by atoms with Gasteiger partial charge in [-0.3, -0.25) is 10.1 Å². The first-order valence-electron chi connectivity index (χ1n) is 11.2. The Bertz CT molecular complexity index is 1730. The van der Waals surface area contributed by atoms with Crippen molar-refractivity contribution < 1.29 is 28.3 Å². The number of carbonyl (C=O) groups is 1. The summed E-state index contributed by atoms with van der Waals surface area (Å²) < 4.78 is 22.2. The summed E-state index contributed by atoms with van der Waals surface area (Å²) in [7, 11) is 0. The maximum Gasteiger partial charge on any atom is 0.354 e. The SMILES string of the molecule is CCOc1cc(C2C(C#N)=C(N)Oc3c2c(=O)oc2ccccc32)cc([N+](=O)[O-])c1OC(=O)c1cccs1. The molecule has 5 rings (SSSR count). The van der Waals surface area contributed by atoms with E-state index in [2.05, 4.69) is 0 Å². The molecule has 0 amide bonds. The van der Waals surface area contributed by atoms with E-state index in [1.165, 1.54) is 12.1 Å². The molecule has 2 aromatic carbocycles. The zero-order chi connectivity index (χ0) is 27.0. The van der Waals surface area contributed by atoms with Crippen LogP contribution in [0, 0.1) is 21.4 Å². The van der Waals surface area contributed by atoms with Crippen LogP contribution in [0.5, 0.6) is 17.2 Å². The minimum Gasteiger partial charge on any atom is -0.490 e. The number of hydrogen-bond donors (Lipinski definition) is 1. The number of thiophene rings is 1. The van der Waals surface area contributed by atoms with Crippen LogP contribution in [-0.2, 0) is 0 Å². The minimum atomic E-state index is -1.19. The highest BCUT2D eigenvalue weighted by molar-refractivity contribution is 7.12. The lowest BCUT2D eigenvalue weighted by molar-refractivity contribution is -0.385. The zero-order valence-corrected chi connectivity index (χ0v) is 20.4. The van der Waals surface area contributed by atoms with E-state index in [-0.39, 0.29) is 51.1 Å². The largest absolute Gasteiger partial charge is 0.490 e. The Balaban J connectivity index is 1.75. The van der Waals surface area contributed by atoms with Crippen molar-refractivity contribution in [3.05, 3.63) is 102 Å². The van der Waals surface area contributed by atoms with E-state index in [0.29, 0.717) is 5.39 Å². The van der Waals surface area contributed by atoms with Gasteiger partial charge in [-0.15, -0.1) is 11.3 Å². The van der Waals surface area contributed by atoms with Gasteiger partial charge >= 0.3 is 17.3 Å². The number of carbonyl (C=O) groups excluding carboxylic acids is 1. The van der Waals surface area contributed by atoms with Crippen LogP contribution in [0.1, 0.15) is 33.6 Å². The lowest BCUT2D eigenvalue weighted by Gasteiger charge is -2.26. The van der Waals surface area contributed by atoms with E-state index in [9.17, 15) is 25.0 Å². The van der Waals surface area contributed by atoms with E-state index in [0.717, 1.165) is 17.4 Å². The molecule has 0 bridgehead atoms. The number of benzene rings is 2. The molecule has 4 aromatic rings. The van der Waals surface area contributed by atoms with Crippen LogP contribution in [0.3, 0.4) is 0 Å². The van der Waals surface area contributed by atoms with Gasteiger partial charge < -0.3 is 24.4 Å². The Hall–Kier alpha value is -5.15. The third kappa shape index (κ3) is 4.10. The molecule has 2 N–H and O–H groups in total. The second-order valence-electron chi connectivity index (χ2n) is 7.98. The number of nitrogens with two attached hydrogens (primary N) is 1. The Morgan fingerprint density at radius 1 is 1.26 bits per heavy atom. The van der Waals surface area contributed by atoms with Crippen LogP contribution >= 0.6 is 11.3 Å². The molecule has 190 valence electrons. The standard InChI is InChI=1S/C26H17N3O8S/c1-2-34-18-11-13(10-16(29(32)33)23(18)37-25(30)19-8-5-9-38-19)20-15(12-27)24(28)36-22-14-6-3-4-7-17(14)35-26(31)21(20)22/h3-11,20H,2,28H2,1H3. The predicted molar refractivity (Wildman–Crippen MR) is 135 cm³/mol. The molecule has 12 heteroatoms. The smallest absolute Gasteiger partial charge is 0.354 e. The molecule has 11 nitrogen and oxygen atoms in total. The summed E-state index contributed by atoms with van der Waals surface area (Å²) in [6, 6.07) is 14.2. The molecule has 1 atom stereocenters. The van der Waals surface area contributed by atoms with Crippen molar-refractivity contribution >= 4 is 34.0 Å². The third-order valence-electron chi connectivity index (χ3n) is 5.78. The van der Waals surface area contributed by atoms with Crippen molar-refractivity contribution in [2.24, 2.45) is 5.73 Å². The van der Waals surface area contributed by atoms with Crippen molar-refractivity contribution in [2.75, 3.05) is 6.61 Å². The molecule has 0 spiro atoms. The number of nitrogens with zero attached hydrogens (tertiary/aromatic N) is 2. The second kappa shape index (κ2) is 9.72. The zero-order valence-electron chi connectivity index (χ0n) is 19.6. The van der Waals surface area contributed by atoms with Crippen molar-refractivity contribution in [1.82, 2.24) is 0 Å². The highest BCUT2D eigenvalue weighted by atomic mass is 32.1. The maximum atomic E-state index is 13.2. The Labute approximate surface area is 218 Å². The molecule has 3 heterocycles. The molecule has 0 radical (unpaired) electrons. The van der Waals surface area contributed by atoms with Crippen LogP contribution in [-0.4, -0.2) is 17.5 Å². The van der Waals surface area contributed by atoms with Gasteiger partial charge in [0.15, 0.2) is 11.5 Å². The number of allylic oxidation sites excluding steroid dienone is 1. The van der Waals surface area contributed by atoms with Crippen molar-refractivity contribution in [3.8, 4) is 23.3 Å². The molecule has 0 saturated carbocycles. The summed E-state index contributed by atoms with van der Waals surface area (Å²) in [5, 5.41) is 24.1. The summed E-state index contributed by atoms with van der Waals surface area (Å²) in [6.45, 7) is 1.72. The summed E-state index contributed by atoms with van der Waals surface area (Å²) >= 11 is 1.11. The fourth-order valence-electron chi connectivity index (χ4n) is 4.21. The molecule has 38 heavy (non-hydrogen) atoms. The minimum absolute atomic E-state index is 0.0606. The fraction of sp³-hybridized carbons (Fsp3) is 0.115. The maximum absolute atomic E-state index is 13.2. The van der Waals surface area contributed by atoms with Crippen molar-refractivity contribution in [2.45, 2.75) is 12.8 Å². The lowest BCUT2D eigenvalue weighted by atomic mass is 9.83.